The maximum Gasteiger partial charge on any atom is 0.255 e. The van der Waals surface area contributed by atoms with E-state index < -0.39 is 21.7 Å². The molecule has 6 nitrogen and oxygen atoms in total. The molecule has 2 aromatic rings. The maximum atomic E-state index is 12.9. The molecule has 1 saturated heterocycles. The van der Waals surface area contributed by atoms with Crippen LogP contribution in [0.3, 0.4) is 0 Å². The Kier molecular flexibility index (Phi) is 5.88. The lowest BCUT2D eigenvalue weighted by Crippen LogP contribution is -2.48. The van der Waals surface area contributed by atoms with E-state index in [9.17, 15) is 17.6 Å². The quantitative estimate of drug-likeness (QED) is 0.730. The van der Waals surface area contributed by atoms with Gasteiger partial charge in [0.1, 0.15) is 5.82 Å². The van der Waals surface area contributed by atoms with Crippen molar-refractivity contribution in [2.75, 3.05) is 18.4 Å². The summed E-state index contributed by atoms with van der Waals surface area (Å²) in [6.07, 6.45) is 0.742. The molecule has 0 radical (unpaired) electrons. The molecular weight excluding hydrogens is 369 g/mol. The Hall–Kier alpha value is -2.29. The van der Waals surface area contributed by atoms with E-state index in [4.69, 9.17) is 0 Å². The molecule has 1 aliphatic rings. The number of benzene rings is 2. The van der Waals surface area contributed by atoms with Gasteiger partial charge < -0.3 is 10.6 Å². The van der Waals surface area contributed by atoms with Crippen LogP contribution < -0.4 is 15.4 Å². The Labute approximate surface area is 158 Å². The van der Waals surface area contributed by atoms with Crippen molar-refractivity contribution in [1.82, 2.24) is 10.0 Å². The number of sulfonamides is 1. The lowest BCUT2D eigenvalue weighted by Gasteiger charge is -2.29. The Balaban J connectivity index is 1.67. The van der Waals surface area contributed by atoms with Crippen LogP contribution in [0.5, 0.6) is 0 Å². The van der Waals surface area contributed by atoms with E-state index in [0.29, 0.717) is 11.3 Å². The van der Waals surface area contributed by atoms with Crippen LogP contribution in [0.4, 0.5) is 10.1 Å². The van der Waals surface area contributed by atoms with Crippen LogP contribution >= 0.6 is 0 Å². The summed E-state index contributed by atoms with van der Waals surface area (Å²) in [5.41, 5.74) is 0.771. The van der Waals surface area contributed by atoms with Crippen molar-refractivity contribution in [3.05, 3.63) is 59.9 Å². The molecule has 0 saturated carbocycles. The summed E-state index contributed by atoms with van der Waals surface area (Å²) in [6, 6.07) is 11.0. The van der Waals surface area contributed by atoms with E-state index in [1.165, 1.54) is 48.5 Å². The van der Waals surface area contributed by atoms with Gasteiger partial charge in [-0.1, -0.05) is 6.92 Å². The zero-order chi connectivity index (χ0) is 19.4. The Morgan fingerprint density at radius 1 is 1.11 bits per heavy atom. The smallest absolute Gasteiger partial charge is 0.255 e. The number of piperidine rings is 1. The summed E-state index contributed by atoms with van der Waals surface area (Å²) in [5, 5.41) is 5.90. The predicted octanol–water partition coefficient (Wildman–Crippen LogP) is 2.35. The van der Waals surface area contributed by atoms with E-state index in [1.807, 2.05) is 6.92 Å². The number of carbonyl (C=O) groups is 1. The van der Waals surface area contributed by atoms with Crippen molar-refractivity contribution >= 4 is 21.6 Å². The van der Waals surface area contributed by atoms with Gasteiger partial charge in [-0.2, -0.15) is 0 Å². The first-order valence-corrected chi connectivity index (χ1v) is 10.2. The molecule has 0 spiro atoms. The average Bonchev–Trinajstić information content (AvgIpc) is 2.64. The first-order valence-electron chi connectivity index (χ1n) is 8.75. The standard InChI is InChI=1S/C19H22FN3O3S/c1-13-12-21-11-10-18(13)23-27(25,26)17-8-6-16(7-9-17)22-19(24)14-2-4-15(20)5-3-14/h2-9,13,18,21,23H,10-12H2,1H3,(H,22,24). The van der Waals surface area contributed by atoms with Crippen LogP contribution in [0, 0.1) is 11.7 Å². The molecule has 1 fully saturated rings. The van der Waals surface area contributed by atoms with Gasteiger partial charge in [-0.25, -0.2) is 17.5 Å². The van der Waals surface area contributed by atoms with Crippen LogP contribution in [-0.2, 0) is 10.0 Å². The monoisotopic (exact) mass is 391 g/mol. The average molecular weight is 391 g/mol. The summed E-state index contributed by atoms with van der Waals surface area (Å²) in [6.45, 7) is 3.57. The van der Waals surface area contributed by atoms with Gasteiger partial charge in [0.05, 0.1) is 4.90 Å². The van der Waals surface area contributed by atoms with Crippen molar-refractivity contribution < 1.29 is 17.6 Å². The molecule has 1 amide bonds. The van der Waals surface area contributed by atoms with Crippen LogP contribution in [0.25, 0.3) is 0 Å². The number of carbonyl (C=O) groups excluding carboxylic acids is 1. The highest BCUT2D eigenvalue weighted by molar-refractivity contribution is 7.89. The first kappa shape index (κ1) is 19.5. The molecule has 1 aliphatic heterocycles. The number of hydrogen-bond acceptors (Lipinski definition) is 4. The Morgan fingerprint density at radius 3 is 2.41 bits per heavy atom. The highest BCUT2D eigenvalue weighted by atomic mass is 32.2. The summed E-state index contributed by atoms with van der Waals surface area (Å²) in [5.74, 6) is -0.605. The third kappa shape index (κ3) is 4.91. The van der Waals surface area contributed by atoms with Gasteiger partial charge in [0.2, 0.25) is 10.0 Å². The van der Waals surface area contributed by atoms with Gasteiger partial charge in [0, 0.05) is 17.3 Å². The molecule has 2 aromatic carbocycles. The Morgan fingerprint density at radius 2 is 1.78 bits per heavy atom. The number of hydrogen-bond donors (Lipinski definition) is 3. The van der Waals surface area contributed by atoms with E-state index in [2.05, 4.69) is 15.4 Å². The highest BCUT2D eigenvalue weighted by Gasteiger charge is 2.26. The summed E-state index contributed by atoms with van der Waals surface area (Å²) >= 11 is 0. The maximum absolute atomic E-state index is 12.9. The lowest BCUT2D eigenvalue weighted by molar-refractivity contribution is 0.102. The summed E-state index contributed by atoms with van der Waals surface area (Å²) < 4.78 is 40.8. The van der Waals surface area contributed by atoms with Crippen LogP contribution in [-0.4, -0.2) is 33.5 Å². The number of amides is 1. The number of anilines is 1. The van der Waals surface area contributed by atoms with Crippen LogP contribution in [0.2, 0.25) is 0 Å². The summed E-state index contributed by atoms with van der Waals surface area (Å²) in [4.78, 5) is 12.3. The SMILES string of the molecule is CC1CNCCC1NS(=O)(=O)c1ccc(NC(=O)c2ccc(F)cc2)cc1. The molecule has 2 unspecified atom stereocenters. The Bertz CT molecular complexity index is 899. The second-order valence-corrected chi connectivity index (χ2v) is 8.40. The topological polar surface area (TPSA) is 87.3 Å². The van der Waals surface area contributed by atoms with Gasteiger partial charge in [0.15, 0.2) is 0 Å². The number of rotatable bonds is 5. The van der Waals surface area contributed by atoms with Gasteiger partial charge >= 0.3 is 0 Å². The van der Waals surface area contributed by atoms with E-state index in [-0.39, 0.29) is 16.9 Å². The molecule has 27 heavy (non-hydrogen) atoms. The van der Waals surface area contributed by atoms with Crippen LogP contribution in [0.15, 0.2) is 53.4 Å². The lowest BCUT2D eigenvalue weighted by atomic mass is 9.97. The normalized spacial score (nSPS) is 20.2. The molecule has 3 N–H and O–H groups in total. The molecule has 2 atom stereocenters. The minimum Gasteiger partial charge on any atom is -0.322 e. The minimum absolute atomic E-state index is 0.103. The van der Waals surface area contributed by atoms with Crippen molar-refractivity contribution in [2.45, 2.75) is 24.3 Å². The molecule has 3 rings (SSSR count). The van der Waals surface area contributed by atoms with Gasteiger partial charge in [-0.3, -0.25) is 4.79 Å². The second kappa shape index (κ2) is 8.16. The van der Waals surface area contributed by atoms with E-state index >= 15 is 0 Å². The van der Waals surface area contributed by atoms with Gasteiger partial charge in [-0.05, 0) is 74.0 Å². The fourth-order valence-corrected chi connectivity index (χ4v) is 4.36. The molecule has 0 aliphatic carbocycles. The van der Waals surface area contributed by atoms with Gasteiger partial charge in [-0.15, -0.1) is 0 Å². The van der Waals surface area contributed by atoms with Gasteiger partial charge in [0.25, 0.3) is 5.91 Å². The number of halogens is 1. The highest BCUT2D eigenvalue weighted by Crippen LogP contribution is 2.18. The first-order chi connectivity index (χ1) is 12.8. The van der Waals surface area contributed by atoms with Crippen molar-refractivity contribution in [3.8, 4) is 0 Å². The largest absolute Gasteiger partial charge is 0.322 e. The molecule has 1 heterocycles. The minimum atomic E-state index is -3.63. The fraction of sp³-hybridized carbons (Fsp3) is 0.316. The third-order valence-corrected chi connectivity index (χ3v) is 6.13. The van der Waals surface area contributed by atoms with E-state index in [0.717, 1.165) is 19.5 Å². The number of nitrogens with one attached hydrogen (secondary N) is 3. The van der Waals surface area contributed by atoms with Crippen molar-refractivity contribution in [1.29, 1.82) is 0 Å². The third-order valence-electron chi connectivity index (χ3n) is 4.62. The van der Waals surface area contributed by atoms with Crippen LogP contribution in [0.1, 0.15) is 23.7 Å². The summed E-state index contributed by atoms with van der Waals surface area (Å²) in [7, 11) is -3.63. The van der Waals surface area contributed by atoms with Crippen molar-refractivity contribution in [2.24, 2.45) is 5.92 Å². The molecular formula is C19H22FN3O3S. The molecule has 144 valence electrons. The van der Waals surface area contributed by atoms with E-state index in [1.54, 1.807) is 0 Å². The fourth-order valence-electron chi connectivity index (χ4n) is 2.98. The second-order valence-electron chi connectivity index (χ2n) is 6.68. The zero-order valence-corrected chi connectivity index (χ0v) is 15.7. The van der Waals surface area contributed by atoms with Crippen molar-refractivity contribution in [3.63, 3.8) is 0 Å². The zero-order valence-electron chi connectivity index (χ0n) is 14.9. The molecule has 0 bridgehead atoms. The molecule has 8 heteroatoms. The molecule has 0 aromatic heterocycles. The predicted molar refractivity (Wildman–Crippen MR) is 102 cm³/mol.